The van der Waals surface area contributed by atoms with Crippen molar-refractivity contribution < 1.29 is 0 Å². The van der Waals surface area contributed by atoms with E-state index in [9.17, 15) is 0 Å². The van der Waals surface area contributed by atoms with Gasteiger partial charge in [-0.2, -0.15) is 0 Å². The van der Waals surface area contributed by atoms with Crippen molar-refractivity contribution in [3.63, 3.8) is 0 Å². The van der Waals surface area contributed by atoms with Gasteiger partial charge in [-0.25, -0.2) is 0 Å². The molecule has 10 heavy (non-hydrogen) atoms. The molecule has 0 saturated heterocycles. The van der Waals surface area contributed by atoms with Crippen LogP contribution in [-0.4, -0.2) is 18.6 Å². The quantitative estimate of drug-likeness (QED) is 0.567. The second kappa shape index (κ2) is 4.69. The molecule has 0 aliphatic rings. The van der Waals surface area contributed by atoms with Crippen molar-refractivity contribution in [3.05, 3.63) is 0 Å². The Morgan fingerprint density at radius 1 is 1.40 bits per heavy atom. The maximum Gasteiger partial charge on any atom is 0.0135 e. The van der Waals surface area contributed by atoms with Gasteiger partial charge in [-0.15, -0.1) is 0 Å². The van der Waals surface area contributed by atoms with Gasteiger partial charge in [-0.3, -0.25) is 0 Å². The van der Waals surface area contributed by atoms with Gasteiger partial charge in [0.1, 0.15) is 0 Å². The van der Waals surface area contributed by atoms with Gasteiger partial charge < -0.3 is 11.1 Å². The van der Waals surface area contributed by atoms with Gasteiger partial charge in [-0.05, 0) is 32.9 Å². The average molecular weight is 144 g/mol. The van der Waals surface area contributed by atoms with Crippen LogP contribution in [0, 0.1) is 0 Å². The van der Waals surface area contributed by atoms with Crippen LogP contribution in [0.2, 0.25) is 0 Å². The van der Waals surface area contributed by atoms with Crippen LogP contribution in [0.15, 0.2) is 0 Å². The Kier molecular flexibility index (Phi) is 4.65. The van der Waals surface area contributed by atoms with E-state index in [-0.39, 0.29) is 5.54 Å². The lowest BCUT2D eigenvalue weighted by Crippen LogP contribution is -2.38. The zero-order valence-corrected chi connectivity index (χ0v) is 7.41. The average Bonchev–Trinajstić information content (AvgIpc) is 1.89. The van der Waals surface area contributed by atoms with Crippen LogP contribution in [0.5, 0.6) is 0 Å². The molecule has 0 aromatic heterocycles. The first-order valence-electron chi connectivity index (χ1n) is 4.12. The SMILES string of the molecule is CCNCCC(C)(N)CC. The van der Waals surface area contributed by atoms with Gasteiger partial charge in [-0.1, -0.05) is 13.8 Å². The van der Waals surface area contributed by atoms with Crippen molar-refractivity contribution >= 4 is 0 Å². The Morgan fingerprint density at radius 3 is 2.40 bits per heavy atom. The molecule has 0 aromatic carbocycles. The number of hydrogen-bond acceptors (Lipinski definition) is 2. The third-order valence-corrected chi connectivity index (χ3v) is 1.93. The Balaban J connectivity index is 3.28. The standard InChI is InChI=1S/C8H20N2/c1-4-8(3,9)6-7-10-5-2/h10H,4-7,9H2,1-3H3. The summed E-state index contributed by atoms with van der Waals surface area (Å²) < 4.78 is 0. The summed E-state index contributed by atoms with van der Waals surface area (Å²) in [5.74, 6) is 0. The van der Waals surface area contributed by atoms with Crippen LogP contribution < -0.4 is 11.1 Å². The highest BCUT2D eigenvalue weighted by molar-refractivity contribution is 4.76. The van der Waals surface area contributed by atoms with Crippen LogP contribution in [0.4, 0.5) is 0 Å². The smallest absolute Gasteiger partial charge is 0.0135 e. The van der Waals surface area contributed by atoms with Gasteiger partial charge in [0, 0.05) is 5.54 Å². The minimum atomic E-state index is 0.0299. The van der Waals surface area contributed by atoms with Crippen LogP contribution in [0.3, 0.4) is 0 Å². The molecule has 1 atom stereocenters. The van der Waals surface area contributed by atoms with Gasteiger partial charge in [0.15, 0.2) is 0 Å². The van der Waals surface area contributed by atoms with Gasteiger partial charge >= 0.3 is 0 Å². The normalized spacial score (nSPS) is 16.8. The summed E-state index contributed by atoms with van der Waals surface area (Å²) in [6.45, 7) is 8.42. The zero-order valence-electron chi connectivity index (χ0n) is 7.41. The van der Waals surface area contributed by atoms with E-state index in [1.54, 1.807) is 0 Å². The summed E-state index contributed by atoms with van der Waals surface area (Å²) in [6.07, 6.45) is 2.12. The fourth-order valence-corrected chi connectivity index (χ4v) is 0.727. The predicted molar refractivity (Wildman–Crippen MR) is 46.0 cm³/mol. The summed E-state index contributed by atoms with van der Waals surface area (Å²) in [5.41, 5.74) is 5.95. The highest BCUT2D eigenvalue weighted by atomic mass is 14.9. The fraction of sp³-hybridized carbons (Fsp3) is 1.00. The van der Waals surface area contributed by atoms with E-state index in [2.05, 4.69) is 26.1 Å². The summed E-state index contributed by atoms with van der Waals surface area (Å²) >= 11 is 0. The third kappa shape index (κ3) is 4.77. The molecule has 0 rings (SSSR count). The molecule has 0 bridgehead atoms. The second-order valence-electron chi connectivity index (χ2n) is 3.11. The van der Waals surface area contributed by atoms with Gasteiger partial charge in [0.2, 0.25) is 0 Å². The number of hydrogen-bond donors (Lipinski definition) is 2. The summed E-state index contributed by atoms with van der Waals surface area (Å²) in [5, 5.41) is 3.26. The molecule has 2 heteroatoms. The highest BCUT2D eigenvalue weighted by Crippen LogP contribution is 2.08. The first kappa shape index (κ1) is 9.92. The number of nitrogens with one attached hydrogen (secondary N) is 1. The topological polar surface area (TPSA) is 38.0 Å². The molecule has 0 saturated carbocycles. The Bertz CT molecular complexity index is 79.3. The Labute approximate surface area is 64.2 Å². The molecule has 0 heterocycles. The van der Waals surface area contributed by atoms with Gasteiger partial charge in [0.25, 0.3) is 0 Å². The van der Waals surface area contributed by atoms with E-state index >= 15 is 0 Å². The van der Waals surface area contributed by atoms with Crippen molar-refractivity contribution in [1.29, 1.82) is 0 Å². The molecule has 0 spiro atoms. The Hall–Kier alpha value is -0.0800. The fourth-order valence-electron chi connectivity index (χ4n) is 0.727. The molecule has 0 aliphatic carbocycles. The summed E-state index contributed by atoms with van der Waals surface area (Å²) in [7, 11) is 0. The van der Waals surface area contributed by atoms with E-state index in [0.29, 0.717) is 0 Å². The van der Waals surface area contributed by atoms with Crippen LogP contribution >= 0.6 is 0 Å². The van der Waals surface area contributed by atoms with Crippen molar-refractivity contribution in [3.8, 4) is 0 Å². The lowest BCUT2D eigenvalue weighted by molar-refractivity contribution is 0.408. The molecule has 3 N–H and O–H groups in total. The minimum absolute atomic E-state index is 0.0299. The molecule has 0 amide bonds. The Morgan fingerprint density at radius 2 is 2.00 bits per heavy atom. The largest absolute Gasteiger partial charge is 0.325 e. The first-order valence-corrected chi connectivity index (χ1v) is 4.12. The molecule has 1 unspecified atom stereocenters. The molecule has 0 fully saturated rings. The number of rotatable bonds is 5. The van der Waals surface area contributed by atoms with E-state index in [1.807, 2.05) is 0 Å². The van der Waals surface area contributed by atoms with Crippen molar-refractivity contribution in [2.24, 2.45) is 5.73 Å². The first-order chi connectivity index (χ1) is 4.62. The van der Waals surface area contributed by atoms with Crippen molar-refractivity contribution in [2.45, 2.75) is 39.2 Å². The lowest BCUT2D eigenvalue weighted by Gasteiger charge is -2.22. The van der Waals surface area contributed by atoms with E-state index in [1.165, 1.54) is 0 Å². The minimum Gasteiger partial charge on any atom is -0.325 e. The number of nitrogens with two attached hydrogens (primary N) is 1. The van der Waals surface area contributed by atoms with E-state index in [0.717, 1.165) is 25.9 Å². The summed E-state index contributed by atoms with van der Waals surface area (Å²) in [4.78, 5) is 0. The van der Waals surface area contributed by atoms with E-state index in [4.69, 9.17) is 5.73 Å². The lowest BCUT2D eigenvalue weighted by atomic mass is 9.96. The van der Waals surface area contributed by atoms with Crippen molar-refractivity contribution in [2.75, 3.05) is 13.1 Å². The van der Waals surface area contributed by atoms with E-state index < -0.39 is 0 Å². The molecule has 0 aliphatic heterocycles. The maximum absolute atomic E-state index is 5.92. The van der Waals surface area contributed by atoms with Gasteiger partial charge in [0.05, 0.1) is 0 Å². The monoisotopic (exact) mass is 144 g/mol. The summed E-state index contributed by atoms with van der Waals surface area (Å²) in [6, 6.07) is 0. The molecule has 2 nitrogen and oxygen atoms in total. The molecular weight excluding hydrogens is 124 g/mol. The van der Waals surface area contributed by atoms with Crippen LogP contribution in [-0.2, 0) is 0 Å². The third-order valence-electron chi connectivity index (χ3n) is 1.93. The molecular formula is C8H20N2. The molecule has 0 radical (unpaired) electrons. The van der Waals surface area contributed by atoms with Crippen molar-refractivity contribution in [1.82, 2.24) is 5.32 Å². The van der Waals surface area contributed by atoms with Crippen LogP contribution in [0.1, 0.15) is 33.6 Å². The molecule has 0 aromatic rings. The highest BCUT2D eigenvalue weighted by Gasteiger charge is 2.13. The molecule has 62 valence electrons. The zero-order chi connectivity index (χ0) is 8.04. The predicted octanol–water partition coefficient (Wildman–Crippen LogP) is 1.11. The second-order valence-corrected chi connectivity index (χ2v) is 3.11. The van der Waals surface area contributed by atoms with Crippen LogP contribution in [0.25, 0.3) is 0 Å². The maximum atomic E-state index is 5.92.